The second-order valence-corrected chi connectivity index (χ2v) is 7.96. The summed E-state index contributed by atoms with van der Waals surface area (Å²) in [4.78, 5) is 17.8. The normalized spacial score (nSPS) is 15.8. The largest absolute Gasteiger partial charge is 0.379 e. The van der Waals surface area contributed by atoms with Crippen molar-refractivity contribution < 1.29 is 9.53 Å². The molecule has 6 heteroatoms. The molecule has 2 aromatic carbocycles. The topological polar surface area (TPSA) is 44.8 Å². The molecule has 0 bridgehead atoms. The number of benzene rings is 2. The lowest BCUT2D eigenvalue weighted by molar-refractivity contribution is 0.0198. The first-order valence-corrected chi connectivity index (χ1v) is 10.9. The van der Waals surface area contributed by atoms with Gasteiger partial charge in [-0.05, 0) is 48.6 Å². The zero-order valence-electron chi connectivity index (χ0n) is 16.9. The first-order chi connectivity index (χ1) is 13.6. The zero-order valence-corrected chi connectivity index (χ0v) is 17.7. The van der Waals surface area contributed by atoms with Gasteiger partial charge in [-0.2, -0.15) is 0 Å². The van der Waals surface area contributed by atoms with Crippen LogP contribution in [0.5, 0.6) is 0 Å². The number of hydrogen-bond acceptors (Lipinski definition) is 4. The van der Waals surface area contributed by atoms with E-state index in [-0.39, 0.29) is 6.03 Å². The molecule has 1 fully saturated rings. The minimum absolute atomic E-state index is 0.108. The number of thioether (sulfide) groups is 1. The summed E-state index contributed by atoms with van der Waals surface area (Å²) in [7, 11) is 1.81. The fraction of sp³-hybridized carbons (Fsp3) is 0.409. The molecule has 0 aromatic heterocycles. The average Bonchev–Trinajstić information content (AvgIpc) is 2.75. The van der Waals surface area contributed by atoms with Crippen LogP contribution in [-0.2, 0) is 11.3 Å². The van der Waals surface area contributed by atoms with E-state index in [9.17, 15) is 4.79 Å². The summed E-state index contributed by atoms with van der Waals surface area (Å²) < 4.78 is 5.43. The Morgan fingerprint density at radius 3 is 2.39 bits per heavy atom. The molecule has 1 aliphatic heterocycles. The second kappa shape index (κ2) is 9.96. The van der Waals surface area contributed by atoms with E-state index in [1.165, 1.54) is 10.5 Å². The summed E-state index contributed by atoms with van der Waals surface area (Å²) in [6.45, 7) is 6.31. The van der Waals surface area contributed by atoms with E-state index in [1.54, 1.807) is 16.7 Å². The molecule has 2 aromatic rings. The summed E-state index contributed by atoms with van der Waals surface area (Å²) in [5, 5.41) is 2.98. The molecule has 0 aliphatic carbocycles. The molecular weight excluding hydrogens is 370 g/mol. The van der Waals surface area contributed by atoms with Gasteiger partial charge < -0.3 is 15.0 Å². The predicted molar refractivity (Wildman–Crippen MR) is 116 cm³/mol. The van der Waals surface area contributed by atoms with Crippen molar-refractivity contribution in [3.63, 3.8) is 0 Å². The van der Waals surface area contributed by atoms with Crippen LogP contribution in [0.25, 0.3) is 0 Å². The molecule has 5 nitrogen and oxygen atoms in total. The fourth-order valence-electron chi connectivity index (χ4n) is 3.32. The molecule has 3 rings (SSSR count). The van der Waals surface area contributed by atoms with Crippen molar-refractivity contribution in [2.24, 2.45) is 0 Å². The number of carbonyl (C=O) groups excluding carboxylic acids is 1. The van der Waals surface area contributed by atoms with Crippen LogP contribution in [0, 0.1) is 0 Å². The van der Waals surface area contributed by atoms with Crippen molar-refractivity contribution >= 4 is 23.5 Å². The number of morpholine rings is 1. The van der Waals surface area contributed by atoms with Crippen molar-refractivity contribution in [3.8, 4) is 0 Å². The van der Waals surface area contributed by atoms with E-state index in [0.717, 1.165) is 37.6 Å². The summed E-state index contributed by atoms with van der Waals surface area (Å²) in [5.74, 6) is 0. The van der Waals surface area contributed by atoms with Gasteiger partial charge in [-0.15, -0.1) is 11.8 Å². The first-order valence-electron chi connectivity index (χ1n) is 9.63. The zero-order chi connectivity index (χ0) is 19.9. The van der Waals surface area contributed by atoms with Crippen molar-refractivity contribution in [2.45, 2.75) is 24.4 Å². The van der Waals surface area contributed by atoms with Crippen LogP contribution in [-0.4, -0.2) is 55.4 Å². The number of nitrogens with one attached hydrogen (secondary N) is 1. The molecule has 1 saturated heterocycles. The molecule has 1 atom stereocenters. The standard InChI is InChI=1S/C22H29N3O2S/c1-17(25-12-14-27-15-13-25)19-6-8-20(9-7-19)23-22(26)24(2)16-18-4-10-21(28-3)11-5-18/h4-11,17H,12-16H2,1-3H3,(H,23,26). The first kappa shape index (κ1) is 20.7. The van der Waals surface area contributed by atoms with E-state index in [2.05, 4.69) is 59.8 Å². The highest BCUT2D eigenvalue weighted by atomic mass is 32.2. The van der Waals surface area contributed by atoms with Gasteiger partial charge in [-0.3, -0.25) is 4.90 Å². The number of hydrogen-bond donors (Lipinski definition) is 1. The maximum Gasteiger partial charge on any atom is 0.321 e. The Morgan fingerprint density at radius 2 is 1.79 bits per heavy atom. The van der Waals surface area contributed by atoms with E-state index < -0.39 is 0 Å². The van der Waals surface area contributed by atoms with Gasteiger partial charge in [0.1, 0.15) is 0 Å². The number of carbonyl (C=O) groups is 1. The van der Waals surface area contributed by atoms with Gasteiger partial charge in [-0.25, -0.2) is 4.79 Å². The Kier molecular flexibility index (Phi) is 7.36. The Balaban J connectivity index is 1.54. The lowest BCUT2D eigenvalue weighted by Gasteiger charge is -2.32. The molecule has 0 radical (unpaired) electrons. The number of anilines is 1. The van der Waals surface area contributed by atoms with Crippen LogP contribution < -0.4 is 5.32 Å². The average molecular weight is 400 g/mol. The summed E-state index contributed by atoms with van der Waals surface area (Å²) in [6, 6.07) is 16.7. The summed E-state index contributed by atoms with van der Waals surface area (Å²) in [6.07, 6.45) is 2.06. The summed E-state index contributed by atoms with van der Waals surface area (Å²) in [5.41, 5.74) is 3.18. The minimum atomic E-state index is -0.108. The number of rotatable bonds is 6. The van der Waals surface area contributed by atoms with E-state index in [1.807, 2.05) is 19.2 Å². The van der Waals surface area contributed by atoms with Crippen LogP contribution in [0.15, 0.2) is 53.4 Å². The highest BCUT2D eigenvalue weighted by molar-refractivity contribution is 7.98. The van der Waals surface area contributed by atoms with E-state index in [4.69, 9.17) is 4.74 Å². The van der Waals surface area contributed by atoms with Crippen molar-refractivity contribution in [3.05, 3.63) is 59.7 Å². The predicted octanol–water partition coefficient (Wildman–Crippen LogP) is 4.47. The third kappa shape index (κ3) is 5.50. The molecule has 2 amide bonds. The van der Waals surface area contributed by atoms with Crippen molar-refractivity contribution in [2.75, 3.05) is 44.9 Å². The van der Waals surface area contributed by atoms with Crippen molar-refractivity contribution in [1.82, 2.24) is 9.80 Å². The number of ether oxygens (including phenoxy) is 1. The van der Waals surface area contributed by atoms with Crippen LogP contribution in [0.3, 0.4) is 0 Å². The highest BCUT2D eigenvalue weighted by Gasteiger charge is 2.18. The van der Waals surface area contributed by atoms with Crippen molar-refractivity contribution in [1.29, 1.82) is 0 Å². The molecule has 0 saturated carbocycles. The molecule has 0 spiro atoms. The van der Waals surface area contributed by atoms with E-state index >= 15 is 0 Å². The van der Waals surface area contributed by atoms with Gasteiger partial charge in [0.25, 0.3) is 0 Å². The van der Waals surface area contributed by atoms with Crippen LogP contribution in [0.4, 0.5) is 10.5 Å². The second-order valence-electron chi connectivity index (χ2n) is 7.08. The molecule has 1 heterocycles. The third-order valence-corrected chi connectivity index (χ3v) is 5.91. The SMILES string of the molecule is CSc1ccc(CN(C)C(=O)Nc2ccc(C(C)N3CCOCC3)cc2)cc1. The summed E-state index contributed by atoms with van der Waals surface area (Å²) >= 11 is 1.71. The number of urea groups is 1. The lowest BCUT2D eigenvalue weighted by Crippen LogP contribution is -2.38. The maximum absolute atomic E-state index is 12.5. The molecule has 1 unspecified atom stereocenters. The molecule has 1 N–H and O–H groups in total. The monoisotopic (exact) mass is 399 g/mol. The van der Waals surface area contributed by atoms with Gasteiger partial charge in [-0.1, -0.05) is 24.3 Å². The number of nitrogens with zero attached hydrogens (tertiary/aromatic N) is 2. The van der Waals surface area contributed by atoms with E-state index in [0.29, 0.717) is 12.6 Å². The quantitative estimate of drug-likeness (QED) is 0.728. The minimum Gasteiger partial charge on any atom is -0.379 e. The van der Waals surface area contributed by atoms with Crippen LogP contribution >= 0.6 is 11.8 Å². The Hall–Kier alpha value is -2.02. The van der Waals surface area contributed by atoms with Crippen LogP contribution in [0.2, 0.25) is 0 Å². The smallest absolute Gasteiger partial charge is 0.321 e. The molecule has 1 aliphatic rings. The molecule has 150 valence electrons. The molecule has 28 heavy (non-hydrogen) atoms. The van der Waals surface area contributed by atoms with Gasteiger partial charge >= 0.3 is 6.03 Å². The Labute approximate surface area is 172 Å². The van der Waals surface area contributed by atoms with Gasteiger partial charge in [0.15, 0.2) is 0 Å². The maximum atomic E-state index is 12.5. The highest BCUT2D eigenvalue weighted by Crippen LogP contribution is 2.23. The van der Waals surface area contributed by atoms with Gasteiger partial charge in [0.2, 0.25) is 0 Å². The lowest BCUT2D eigenvalue weighted by atomic mass is 10.1. The molecular formula is C22H29N3O2S. The Bertz CT molecular complexity index is 758. The van der Waals surface area contributed by atoms with Crippen LogP contribution in [0.1, 0.15) is 24.1 Å². The fourth-order valence-corrected chi connectivity index (χ4v) is 3.72. The number of amides is 2. The Morgan fingerprint density at radius 1 is 1.14 bits per heavy atom. The third-order valence-electron chi connectivity index (χ3n) is 5.16. The van der Waals surface area contributed by atoms with Gasteiger partial charge in [0.05, 0.1) is 13.2 Å². The van der Waals surface area contributed by atoms with Gasteiger partial charge in [0, 0.05) is 43.3 Å².